The Hall–Kier alpha value is -1.78. The number of carbonyl (C=O) groups is 1. The molecule has 0 spiro atoms. The summed E-state index contributed by atoms with van der Waals surface area (Å²) >= 11 is 5.96. The van der Waals surface area contributed by atoms with Crippen LogP contribution in [0.5, 0.6) is 0 Å². The third-order valence-electron chi connectivity index (χ3n) is 4.67. The van der Waals surface area contributed by atoms with E-state index in [0.717, 1.165) is 31.2 Å². The Balaban J connectivity index is 1.73. The SMILES string of the molecule is O=C(NCC(O)c1ccoc1)C1(c2ccc(Cl)cc2)CCCC1. The third kappa shape index (κ3) is 3.28. The average molecular weight is 334 g/mol. The van der Waals surface area contributed by atoms with E-state index in [1.54, 1.807) is 6.07 Å². The van der Waals surface area contributed by atoms with Gasteiger partial charge in [-0.3, -0.25) is 4.79 Å². The molecule has 1 saturated carbocycles. The van der Waals surface area contributed by atoms with Crippen molar-refractivity contribution in [2.75, 3.05) is 6.54 Å². The lowest BCUT2D eigenvalue weighted by atomic mass is 9.78. The van der Waals surface area contributed by atoms with E-state index >= 15 is 0 Å². The zero-order chi connectivity index (χ0) is 16.3. The molecular weight excluding hydrogens is 314 g/mol. The van der Waals surface area contributed by atoms with Crippen molar-refractivity contribution in [3.63, 3.8) is 0 Å². The Kier molecular flexibility index (Phi) is 4.74. The number of hydrogen-bond acceptors (Lipinski definition) is 3. The summed E-state index contributed by atoms with van der Waals surface area (Å²) in [5.41, 5.74) is 1.15. The van der Waals surface area contributed by atoms with Crippen molar-refractivity contribution in [3.8, 4) is 0 Å². The molecule has 3 rings (SSSR count). The molecule has 2 aromatic rings. The number of hydrogen-bond donors (Lipinski definition) is 2. The standard InChI is InChI=1S/C18H20ClNO3/c19-15-5-3-14(4-6-15)18(8-1-2-9-18)17(22)20-11-16(21)13-7-10-23-12-13/h3-7,10,12,16,21H,1-2,8-9,11H2,(H,20,22). The van der Waals surface area contributed by atoms with Crippen LogP contribution in [0.1, 0.15) is 42.9 Å². The van der Waals surface area contributed by atoms with Crippen LogP contribution in [-0.4, -0.2) is 17.6 Å². The molecule has 0 aliphatic heterocycles. The number of furan rings is 1. The van der Waals surface area contributed by atoms with Gasteiger partial charge in [-0.1, -0.05) is 36.6 Å². The highest BCUT2D eigenvalue weighted by Gasteiger charge is 2.42. The zero-order valence-corrected chi connectivity index (χ0v) is 13.6. The highest BCUT2D eigenvalue weighted by Crippen LogP contribution is 2.41. The zero-order valence-electron chi connectivity index (χ0n) is 12.8. The van der Waals surface area contributed by atoms with Crippen LogP contribution in [-0.2, 0) is 10.2 Å². The second-order valence-electron chi connectivity index (χ2n) is 6.08. The number of nitrogens with one attached hydrogen (secondary N) is 1. The maximum Gasteiger partial charge on any atom is 0.230 e. The van der Waals surface area contributed by atoms with Crippen molar-refractivity contribution in [1.82, 2.24) is 5.32 Å². The molecule has 1 amide bonds. The van der Waals surface area contributed by atoms with Gasteiger partial charge in [0.05, 0.1) is 24.0 Å². The average Bonchev–Trinajstić information content (AvgIpc) is 3.25. The Morgan fingerprint density at radius 2 is 1.96 bits per heavy atom. The third-order valence-corrected chi connectivity index (χ3v) is 4.92. The van der Waals surface area contributed by atoms with Crippen molar-refractivity contribution in [1.29, 1.82) is 0 Å². The number of carbonyl (C=O) groups excluding carboxylic acids is 1. The summed E-state index contributed by atoms with van der Waals surface area (Å²) in [5, 5.41) is 13.7. The summed E-state index contributed by atoms with van der Waals surface area (Å²) < 4.78 is 4.96. The van der Waals surface area contributed by atoms with Gasteiger partial charge in [0.1, 0.15) is 0 Å². The minimum atomic E-state index is -0.763. The summed E-state index contributed by atoms with van der Waals surface area (Å²) in [4.78, 5) is 12.8. The number of rotatable bonds is 5. The summed E-state index contributed by atoms with van der Waals surface area (Å²) in [5.74, 6) is -0.0279. The maximum absolute atomic E-state index is 12.8. The van der Waals surface area contributed by atoms with Gasteiger partial charge >= 0.3 is 0 Å². The van der Waals surface area contributed by atoms with E-state index in [-0.39, 0.29) is 12.5 Å². The molecule has 1 unspecified atom stereocenters. The maximum atomic E-state index is 12.8. The van der Waals surface area contributed by atoms with E-state index in [1.807, 2.05) is 24.3 Å². The van der Waals surface area contributed by atoms with Gasteiger partial charge in [-0.2, -0.15) is 0 Å². The smallest absolute Gasteiger partial charge is 0.230 e. The molecule has 2 N–H and O–H groups in total. The van der Waals surface area contributed by atoms with Crippen LogP contribution in [0.25, 0.3) is 0 Å². The molecule has 5 heteroatoms. The highest BCUT2D eigenvalue weighted by molar-refractivity contribution is 6.30. The Morgan fingerprint density at radius 3 is 2.57 bits per heavy atom. The second kappa shape index (κ2) is 6.77. The molecule has 0 saturated heterocycles. The summed E-state index contributed by atoms with van der Waals surface area (Å²) in [6.45, 7) is 0.174. The van der Waals surface area contributed by atoms with Gasteiger partial charge in [0, 0.05) is 17.1 Å². The number of aliphatic hydroxyl groups excluding tert-OH is 1. The predicted octanol–water partition coefficient (Wildman–Crippen LogP) is 3.59. The minimum Gasteiger partial charge on any atom is -0.472 e. The molecule has 0 radical (unpaired) electrons. The van der Waals surface area contributed by atoms with Gasteiger partial charge < -0.3 is 14.8 Å². The van der Waals surface area contributed by atoms with Crippen LogP contribution in [0.3, 0.4) is 0 Å². The van der Waals surface area contributed by atoms with Gasteiger partial charge in [-0.15, -0.1) is 0 Å². The van der Waals surface area contributed by atoms with Gasteiger partial charge in [0.15, 0.2) is 0 Å². The quantitative estimate of drug-likeness (QED) is 0.878. The molecule has 1 atom stereocenters. The Labute approximate surface area is 140 Å². The lowest BCUT2D eigenvalue weighted by Gasteiger charge is -2.29. The lowest BCUT2D eigenvalue weighted by molar-refractivity contribution is -0.127. The number of benzene rings is 1. The van der Waals surface area contributed by atoms with Crippen LogP contribution < -0.4 is 5.32 Å². The predicted molar refractivity (Wildman–Crippen MR) is 88.3 cm³/mol. The first kappa shape index (κ1) is 16.1. The van der Waals surface area contributed by atoms with Gasteiger partial charge in [0.2, 0.25) is 5.91 Å². The van der Waals surface area contributed by atoms with E-state index in [9.17, 15) is 9.90 Å². The van der Waals surface area contributed by atoms with Gasteiger partial charge in [0.25, 0.3) is 0 Å². The minimum absolute atomic E-state index is 0.0279. The number of halogens is 1. The molecule has 1 aliphatic rings. The largest absolute Gasteiger partial charge is 0.472 e. The molecule has 122 valence electrons. The molecule has 1 aliphatic carbocycles. The van der Waals surface area contributed by atoms with Crippen molar-refractivity contribution in [3.05, 3.63) is 59.0 Å². The molecule has 1 heterocycles. The molecule has 1 aromatic heterocycles. The van der Waals surface area contributed by atoms with Gasteiger partial charge in [-0.05, 0) is 36.6 Å². The van der Waals surface area contributed by atoms with E-state index < -0.39 is 11.5 Å². The number of aliphatic hydroxyl groups is 1. The van der Waals surface area contributed by atoms with Crippen LogP contribution in [0.2, 0.25) is 5.02 Å². The second-order valence-corrected chi connectivity index (χ2v) is 6.52. The van der Waals surface area contributed by atoms with Crippen molar-refractivity contribution in [2.45, 2.75) is 37.2 Å². The highest BCUT2D eigenvalue weighted by atomic mass is 35.5. The van der Waals surface area contributed by atoms with E-state index in [4.69, 9.17) is 16.0 Å². The van der Waals surface area contributed by atoms with E-state index in [1.165, 1.54) is 12.5 Å². The normalized spacial score (nSPS) is 17.8. The molecule has 23 heavy (non-hydrogen) atoms. The lowest BCUT2D eigenvalue weighted by Crippen LogP contribution is -2.44. The first-order valence-electron chi connectivity index (χ1n) is 7.86. The topological polar surface area (TPSA) is 62.5 Å². The Morgan fingerprint density at radius 1 is 1.26 bits per heavy atom. The molecular formula is C18H20ClNO3. The summed E-state index contributed by atoms with van der Waals surface area (Å²) in [7, 11) is 0. The van der Waals surface area contributed by atoms with E-state index in [0.29, 0.717) is 10.6 Å². The van der Waals surface area contributed by atoms with Gasteiger partial charge in [-0.25, -0.2) is 0 Å². The van der Waals surface area contributed by atoms with Crippen molar-refractivity contribution >= 4 is 17.5 Å². The van der Waals surface area contributed by atoms with Crippen LogP contribution in [0.15, 0.2) is 47.3 Å². The summed E-state index contributed by atoms with van der Waals surface area (Å²) in [6, 6.07) is 9.20. The van der Waals surface area contributed by atoms with Crippen molar-refractivity contribution < 1.29 is 14.3 Å². The fourth-order valence-corrected chi connectivity index (χ4v) is 3.46. The Bertz CT molecular complexity index is 645. The molecule has 1 fully saturated rings. The fraction of sp³-hybridized carbons (Fsp3) is 0.389. The summed E-state index contributed by atoms with van der Waals surface area (Å²) in [6.07, 6.45) is 5.93. The van der Waals surface area contributed by atoms with Crippen LogP contribution in [0, 0.1) is 0 Å². The molecule has 0 bridgehead atoms. The monoisotopic (exact) mass is 333 g/mol. The number of amides is 1. The first-order valence-corrected chi connectivity index (χ1v) is 8.24. The fourth-order valence-electron chi connectivity index (χ4n) is 3.34. The molecule has 4 nitrogen and oxygen atoms in total. The molecule has 1 aromatic carbocycles. The van der Waals surface area contributed by atoms with Crippen LogP contribution in [0.4, 0.5) is 0 Å². The van der Waals surface area contributed by atoms with E-state index in [2.05, 4.69) is 5.32 Å². The van der Waals surface area contributed by atoms with Crippen molar-refractivity contribution in [2.24, 2.45) is 0 Å². The van der Waals surface area contributed by atoms with Crippen LogP contribution >= 0.6 is 11.6 Å². The first-order chi connectivity index (χ1) is 11.1.